The Morgan fingerprint density at radius 3 is 1.12 bits per heavy atom. The van der Waals surface area contributed by atoms with Gasteiger partial charge in [-0.3, -0.25) is 4.79 Å². The van der Waals surface area contributed by atoms with Gasteiger partial charge in [0.1, 0.15) is 12.6 Å². The van der Waals surface area contributed by atoms with E-state index in [-0.39, 0.29) is 22.3 Å². The maximum absolute atomic E-state index is 10.3. The zero-order valence-electron chi connectivity index (χ0n) is 48.5. The van der Waals surface area contributed by atoms with Gasteiger partial charge in [0.05, 0.1) is 0 Å². The van der Waals surface area contributed by atoms with Gasteiger partial charge in [-0.05, 0) is 175 Å². The highest BCUT2D eigenvalue weighted by atomic mass is 16.1. The van der Waals surface area contributed by atoms with Crippen molar-refractivity contribution in [1.82, 2.24) is 15.1 Å². The number of piperidine rings is 3. The van der Waals surface area contributed by atoms with E-state index in [1.165, 1.54) is 125 Å². The molecule has 0 radical (unpaired) electrons. The summed E-state index contributed by atoms with van der Waals surface area (Å²) in [5.41, 5.74) is 11.9. The summed E-state index contributed by atoms with van der Waals surface area (Å²) in [4.78, 5) is 24.4. The Morgan fingerprint density at radius 1 is 0.494 bits per heavy atom. The lowest BCUT2D eigenvalue weighted by Crippen LogP contribution is -2.35. The number of rotatable bonds is 15. The van der Waals surface area contributed by atoms with Crippen molar-refractivity contribution in [2.75, 3.05) is 70.0 Å². The van der Waals surface area contributed by atoms with Crippen LogP contribution in [0.1, 0.15) is 160 Å². The Balaban J connectivity index is -0.000000285. The van der Waals surface area contributed by atoms with Crippen molar-refractivity contribution < 1.29 is 9.59 Å². The third kappa shape index (κ3) is 44.4. The van der Waals surface area contributed by atoms with Gasteiger partial charge in [-0.25, -0.2) is 0 Å². The van der Waals surface area contributed by atoms with E-state index in [1.54, 1.807) is 0 Å². The summed E-state index contributed by atoms with van der Waals surface area (Å²) in [5, 5.41) is 6.90. The van der Waals surface area contributed by atoms with E-state index in [9.17, 15) is 4.79 Å². The number of para-hydroxylation sites is 2. The lowest BCUT2D eigenvalue weighted by Gasteiger charge is -2.32. The molecule has 436 valence electrons. The second-order valence-electron chi connectivity index (χ2n) is 17.2. The minimum Gasteiger partial charge on any atom is -0.399 e. The zero-order valence-corrected chi connectivity index (χ0v) is 48.5. The van der Waals surface area contributed by atoms with Crippen LogP contribution in [0.5, 0.6) is 0 Å². The topological polar surface area (TPSA) is 90.7 Å². The number of likely N-dealkylation sites (tertiary alicyclic amines) is 2. The van der Waals surface area contributed by atoms with Crippen LogP contribution in [0.3, 0.4) is 0 Å². The van der Waals surface area contributed by atoms with Crippen molar-refractivity contribution in [3.63, 3.8) is 0 Å². The molecule has 0 spiro atoms. The lowest BCUT2D eigenvalue weighted by molar-refractivity contribution is -0.108. The molecular weight excluding hydrogens is 943 g/mol. The Labute approximate surface area is 477 Å². The molecule has 7 heteroatoms. The van der Waals surface area contributed by atoms with E-state index in [1.807, 2.05) is 99.6 Å². The monoisotopic (exact) mass is 1060 g/mol. The van der Waals surface area contributed by atoms with Crippen molar-refractivity contribution >= 4 is 23.9 Å². The van der Waals surface area contributed by atoms with Crippen molar-refractivity contribution in [2.24, 2.45) is 17.8 Å². The second-order valence-corrected chi connectivity index (χ2v) is 17.2. The summed E-state index contributed by atoms with van der Waals surface area (Å²) in [6, 6.07) is 52.5. The number of nitrogens with two attached hydrogens (primary N) is 1. The highest BCUT2D eigenvalue weighted by Crippen LogP contribution is 2.23. The van der Waals surface area contributed by atoms with Crippen LogP contribution in [0.25, 0.3) is 0 Å². The quantitative estimate of drug-likeness (QED) is 0.0416. The minimum atomic E-state index is 0. The van der Waals surface area contributed by atoms with E-state index < -0.39 is 0 Å². The molecule has 3 fully saturated rings. The first-order chi connectivity index (χ1) is 36.5. The molecule has 3 heterocycles. The molecule has 77 heavy (non-hydrogen) atoms. The Morgan fingerprint density at radius 2 is 0.805 bits per heavy atom. The van der Waals surface area contributed by atoms with Gasteiger partial charge < -0.3 is 31.0 Å². The molecular formula is C70H119N5O2. The number of hydrogen-bond acceptors (Lipinski definition) is 7. The molecule has 5 aromatic rings. The van der Waals surface area contributed by atoms with Crippen LogP contribution in [-0.4, -0.2) is 81.3 Å². The van der Waals surface area contributed by atoms with Crippen LogP contribution in [0.15, 0.2) is 164 Å². The summed E-state index contributed by atoms with van der Waals surface area (Å²) in [6.45, 7) is 33.6. The third-order valence-electron chi connectivity index (χ3n) is 12.2. The summed E-state index contributed by atoms with van der Waals surface area (Å²) in [5.74, 6) is 2.60. The van der Waals surface area contributed by atoms with E-state index in [0.717, 1.165) is 55.9 Å². The summed E-state index contributed by atoms with van der Waals surface area (Å²) < 4.78 is 0. The van der Waals surface area contributed by atoms with Crippen LogP contribution < -0.4 is 16.4 Å². The van der Waals surface area contributed by atoms with Crippen LogP contribution in [0.2, 0.25) is 0 Å². The van der Waals surface area contributed by atoms with Crippen LogP contribution in [0, 0.1) is 17.8 Å². The Bertz CT molecular complexity index is 1850. The zero-order chi connectivity index (χ0) is 55.1. The number of benzene rings is 5. The van der Waals surface area contributed by atoms with E-state index in [2.05, 4.69) is 148 Å². The number of carbonyl (C=O) groups is 2. The van der Waals surface area contributed by atoms with Crippen LogP contribution in [0.4, 0.5) is 11.4 Å². The van der Waals surface area contributed by atoms with Gasteiger partial charge in [0.25, 0.3) is 0 Å². The first-order valence-corrected chi connectivity index (χ1v) is 28.9. The van der Waals surface area contributed by atoms with Crippen molar-refractivity contribution in [2.45, 2.75) is 162 Å². The average Bonchev–Trinajstić information content (AvgIpc) is 3.49. The number of nitrogens with one attached hydrogen (secondary N) is 2. The fourth-order valence-electron chi connectivity index (χ4n) is 8.54. The first kappa shape index (κ1) is 80.5. The molecule has 0 saturated carbocycles. The highest BCUT2D eigenvalue weighted by Gasteiger charge is 2.20. The molecule has 4 N–H and O–H groups in total. The maximum Gasteiger partial charge on any atom is 0.142 e. The normalized spacial score (nSPS) is 13.5. The van der Waals surface area contributed by atoms with Gasteiger partial charge >= 0.3 is 0 Å². The Hall–Kier alpha value is -5.34. The predicted molar refractivity (Wildman–Crippen MR) is 349 cm³/mol. The molecule has 3 aliphatic heterocycles. The lowest BCUT2D eigenvalue weighted by atomic mass is 9.90. The smallest absolute Gasteiger partial charge is 0.142 e. The summed E-state index contributed by atoms with van der Waals surface area (Å²) in [6.07, 6.45) is 16.4. The van der Waals surface area contributed by atoms with Gasteiger partial charge in [0, 0.05) is 30.9 Å². The molecule has 3 saturated heterocycles. The molecule has 5 aromatic carbocycles. The van der Waals surface area contributed by atoms with Gasteiger partial charge in [-0.1, -0.05) is 225 Å². The van der Waals surface area contributed by atoms with Crippen LogP contribution in [-0.2, 0) is 28.9 Å². The van der Waals surface area contributed by atoms with Gasteiger partial charge in [-0.15, -0.1) is 0 Å². The molecule has 3 aliphatic rings. The van der Waals surface area contributed by atoms with Gasteiger partial charge in [0.2, 0.25) is 0 Å². The van der Waals surface area contributed by atoms with Crippen molar-refractivity contribution in [3.05, 3.63) is 181 Å². The second kappa shape index (κ2) is 61.5. The fourth-order valence-corrected chi connectivity index (χ4v) is 8.54. The summed E-state index contributed by atoms with van der Waals surface area (Å²) in [7, 11) is 0. The number of carbonyl (C=O) groups excluding carboxylic acids is 2. The van der Waals surface area contributed by atoms with Gasteiger partial charge in [0.15, 0.2) is 0 Å². The van der Waals surface area contributed by atoms with Crippen LogP contribution >= 0.6 is 0 Å². The largest absolute Gasteiger partial charge is 0.399 e. The molecule has 0 atom stereocenters. The minimum absolute atomic E-state index is 0. The molecule has 0 aliphatic carbocycles. The molecule has 0 unspecified atom stereocenters. The first-order valence-electron chi connectivity index (χ1n) is 28.9. The molecule has 8 rings (SSSR count). The molecule has 0 amide bonds. The maximum atomic E-state index is 10.3. The third-order valence-corrected chi connectivity index (χ3v) is 12.2. The number of anilines is 2. The van der Waals surface area contributed by atoms with E-state index in [0.29, 0.717) is 12.7 Å². The van der Waals surface area contributed by atoms with Gasteiger partial charge in [-0.2, -0.15) is 0 Å². The van der Waals surface area contributed by atoms with E-state index in [4.69, 9.17) is 10.5 Å². The average molecular weight is 1060 g/mol. The van der Waals surface area contributed by atoms with Crippen molar-refractivity contribution in [1.29, 1.82) is 0 Å². The standard InChI is InChI=1S/C21H28N2.C15H21NO.C12H17N.C6H7N.C3H4O.5C2H6.3CH4/c1-3-8-19(9-4-1)18-20-12-16-23(17-13-20)15-7-14-22-21-10-5-2-6-11-21;17-12-4-9-16-10-7-15(8-11-16)13-14-5-2-1-3-6-14;1-2-4-11(5-3-1)10-12-6-8-13-9-7-12;7-6-4-2-1-3-5-6;1-2-3-4;5*1-2;;;/h1-6,8-11,20,22H,7,12-18H2;1-3,5-6,12,15H,4,7-11,13H2;1-5,12-13H,6-10H2;1-5H,7H2;2-3H,1H2;5*1-2H3;3*1H4. The predicted octanol–water partition coefficient (Wildman–Crippen LogP) is 17.9. The molecule has 0 bridgehead atoms. The molecule has 0 aromatic heterocycles. The SMILES string of the molecule is C.C.C.C=CC=O.CC.CC.CC.CC.CC.Nc1ccccc1.O=CCCN1CCC(Cc2ccccc2)CC1.c1ccc(CC2CCN(CCCNc3ccccc3)CC2)cc1.c1ccc(CC2CCNCC2)cc1. The number of hydrogen-bond donors (Lipinski definition) is 3. The molecule has 7 nitrogen and oxygen atoms in total. The number of nitrogens with zero attached hydrogens (tertiary/aromatic N) is 2. The highest BCUT2D eigenvalue weighted by molar-refractivity contribution is 5.63. The number of aldehydes is 2. The number of allylic oxidation sites excluding steroid dienone is 1. The fraction of sp³-hybridized carbons (Fsp3) is 0.514. The van der Waals surface area contributed by atoms with E-state index >= 15 is 0 Å². The van der Waals surface area contributed by atoms with Crippen molar-refractivity contribution in [3.8, 4) is 0 Å². The Kier molecular flexibility index (Phi) is 64.3. The number of nitrogen functional groups attached to an aromatic ring is 1. The summed E-state index contributed by atoms with van der Waals surface area (Å²) >= 11 is 0.